The van der Waals surface area contributed by atoms with Crippen molar-refractivity contribution in [1.29, 1.82) is 0 Å². The molecule has 0 aromatic heterocycles. The molecule has 0 aliphatic carbocycles. The lowest BCUT2D eigenvalue weighted by Crippen LogP contribution is -2.49. The number of carbonyl (C=O) groups is 1. The minimum Gasteiger partial charge on any atom is -0.444 e. The Morgan fingerprint density at radius 1 is 1.13 bits per heavy atom. The fourth-order valence-electron chi connectivity index (χ4n) is 3.11. The third kappa shape index (κ3) is 7.11. The van der Waals surface area contributed by atoms with E-state index in [-0.39, 0.29) is 12.1 Å². The van der Waals surface area contributed by atoms with E-state index >= 15 is 0 Å². The maximum Gasteiger partial charge on any atom is 0.412 e. The van der Waals surface area contributed by atoms with Crippen molar-refractivity contribution in [2.45, 2.75) is 110 Å². The predicted octanol–water partition coefficient (Wildman–Crippen LogP) is 5.50. The van der Waals surface area contributed by atoms with Crippen LogP contribution >= 0.6 is 0 Å². The van der Waals surface area contributed by atoms with Crippen molar-refractivity contribution < 1.29 is 14.3 Å². The third-order valence-electron chi connectivity index (χ3n) is 4.31. The number of nitrogens with zero attached hydrogens (tertiary/aromatic N) is 1. The van der Waals surface area contributed by atoms with Gasteiger partial charge in [0.15, 0.2) is 0 Å². The Balaban J connectivity index is 2.42. The zero-order valence-corrected chi connectivity index (χ0v) is 16.1. The quantitative estimate of drug-likeness (QED) is 0.553. The van der Waals surface area contributed by atoms with E-state index in [0.29, 0.717) is 6.61 Å². The van der Waals surface area contributed by atoms with Gasteiger partial charge >= 0.3 is 6.09 Å². The van der Waals surface area contributed by atoms with Crippen molar-refractivity contribution in [1.82, 2.24) is 4.90 Å². The molecule has 0 unspecified atom stereocenters. The first-order chi connectivity index (χ1) is 10.7. The summed E-state index contributed by atoms with van der Waals surface area (Å²) in [6, 6.07) is 0.135. The summed E-state index contributed by atoms with van der Waals surface area (Å²) in [6.07, 6.45) is 9.73. The Bertz CT molecular complexity index is 360. The Hall–Kier alpha value is -0.770. The highest BCUT2D eigenvalue weighted by Crippen LogP contribution is 2.31. The summed E-state index contributed by atoms with van der Waals surface area (Å²) in [6.45, 7) is 12.5. The second-order valence-electron chi connectivity index (χ2n) is 8.17. The Morgan fingerprint density at radius 3 is 2.26 bits per heavy atom. The predicted molar refractivity (Wildman–Crippen MR) is 94.5 cm³/mol. The maximum absolute atomic E-state index is 12.5. The Labute approximate surface area is 142 Å². The molecule has 1 amide bonds. The molecule has 1 rings (SSSR count). The summed E-state index contributed by atoms with van der Waals surface area (Å²) in [7, 11) is 0. The van der Waals surface area contributed by atoms with Crippen molar-refractivity contribution in [3.8, 4) is 0 Å². The summed E-state index contributed by atoms with van der Waals surface area (Å²) in [5.41, 5.74) is -1.05. The van der Waals surface area contributed by atoms with Gasteiger partial charge in [-0.1, -0.05) is 51.9 Å². The molecule has 136 valence electrons. The summed E-state index contributed by atoms with van der Waals surface area (Å²) in [5.74, 6) is 0. The Morgan fingerprint density at radius 2 is 1.70 bits per heavy atom. The minimum absolute atomic E-state index is 0.135. The molecule has 0 saturated carbocycles. The first kappa shape index (κ1) is 20.3. The minimum atomic E-state index is -0.575. The van der Waals surface area contributed by atoms with Crippen molar-refractivity contribution in [2.75, 3.05) is 6.61 Å². The van der Waals surface area contributed by atoms with Crippen molar-refractivity contribution in [2.24, 2.45) is 0 Å². The number of unbranched alkanes of at least 4 members (excludes halogenated alkanes) is 6. The van der Waals surface area contributed by atoms with Gasteiger partial charge in [0.1, 0.15) is 11.3 Å². The van der Waals surface area contributed by atoms with Crippen LogP contribution in [0, 0.1) is 0 Å². The van der Waals surface area contributed by atoms with Gasteiger partial charge < -0.3 is 9.47 Å². The van der Waals surface area contributed by atoms with Crippen molar-refractivity contribution >= 4 is 6.09 Å². The highest BCUT2D eigenvalue weighted by atomic mass is 16.6. The number of ether oxygens (including phenoxy) is 2. The van der Waals surface area contributed by atoms with Crippen LogP contribution in [-0.4, -0.2) is 35.0 Å². The SMILES string of the molecule is CCCCCCCCC[C@H]1COC(C)(C)N1C(=O)OC(C)(C)C. The van der Waals surface area contributed by atoms with Gasteiger partial charge in [-0.05, 0) is 41.0 Å². The first-order valence-corrected chi connectivity index (χ1v) is 9.33. The van der Waals surface area contributed by atoms with E-state index < -0.39 is 11.3 Å². The fraction of sp³-hybridized carbons (Fsp3) is 0.947. The molecular weight excluding hydrogens is 290 g/mol. The molecule has 0 N–H and O–H groups in total. The number of hydrogen-bond acceptors (Lipinski definition) is 3. The van der Waals surface area contributed by atoms with E-state index in [9.17, 15) is 4.79 Å². The van der Waals surface area contributed by atoms with Gasteiger partial charge in [-0.3, -0.25) is 4.90 Å². The molecule has 0 aromatic carbocycles. The van der Waals surface area contributed by atoms with Crippen LogP contribution in [0.2, 0.25) is 0 Å². The molecule has 1 fully saturated rings. The van der Waals surface area contributed by atoms with E-state index in [1.165, 1.54) is 38.5 Å². The average molecular weight is 328 g/mol. The fourth-order valence-corrected chi connectivity index (χ4v) is 3.11. The van der Waals surface area contributed by atoms with Crippen LogP contribution in [0.3, 0.4) is 0 Å². The van der Waals surface area contributed by atoms with Gasteiger partial charge in [-0.2, -0.15) is 0 Å². The second-order valence-corrected chi connectivity index (χ2v) is 8.17. The van der Waals surface area contributed by atoms with Gasteiger partial charge in [0.05, 0.1) is 12.6 Å². The van der Waals surface area contributed by atoms with Crippen LogP contribution in [0.15, 0.2) is 0 Å². The molecule has 4 heteroatoms. The first-order valence-electron chi connectivity index (χ1n) is 9.33. The molecule has 0 spiro atoms. The van der Waals surface area contributed by atoms with Crippen LogP contribution in [-0.2, 0) is 9.47 Å². The number of rotatable bonds is 8. The maximum atomic E-state index is 12.5. The molecule has 1 atom stereocenters. The van der Waals surface area contributed by atoms with Gasteiger partial charge in [0.2, 0.25) is 0 Å². The van der Waals surface area contributed by atoms with Gasteiger partial charge in [-0.15, -0.1) is 0 Å². The lowest BCUT2D eigenvalue weighted by molar-refractivity contribution is -0.0627. The van der Waals surface area contributed by atoms with E-state index in [0.717, 1.165) is 12.8 Å². The average Bonchev–Trinajstić information content (AvgIpc) is 2.71. The number of carbonyl (C=O) groups excluding carboxylic acids is 1. The molecule has 0 radical (unpaired) electrons. The lowest BCUT2D eigenvalue weighted by Gasteiger charge is -2.35. The summed E-state index contributed by atoms with van der Waals surface area (Å²) < 4.78 is 11.4. The number of hydrogen-bond donors (Lipinski definition) is 0. The molecule has 1 aliphatic rings. The van der Waals surface area contributed by atoms with E-state index in [4.69, 9.17) is 9.47 Å². The molecule has 1 saturated heterocycles. The Kier molecular flexibility index (Phi) is 7.85. The highest BCUT2D eigenvalue weighted by Gasteiger charge is 2.45. The standard InChI is InChI=1S/C19H37NO3/c1-7-8-9-10-11-12-13-14-16-15-22-19(5,6)20(16)17(21)23-18(2,3)4/h16H,7-15H2,1-6H3/t16-/m0/s1. The van der Waals surface area contributed by atoms with Crippen molar-refractivity contribution in [3.63, 3.8) is 0 Å². The van der Waals surface area contributed by atoms with E-state index in [1.807, 2.05) is 34.6 Å². The molecule has 0 bridgehead atoms. The van der Waals surface area contributed by atoms with E-state index in [2.05, 4.69) is 6.92 Å². The summed E-state index contributed by atoms with van der Waals surface area (Å²) in [5, 5.41) is 0. The summed E-state index contributed by atoms with van der Waals surface area (Å²) in [4.78, 5) is 14.3. The molecule has 4 nitrogen and oxygen atoms in total. The second kappa shape index (κ2) is 8.91. The molecular formula is C19H37NO3. The largest absolute Gasteiger partial charge is 0.444 e. The van der Waals surface area contributed by atoms with Crippen LogP contribution in [0.1, 0.15) is 92.9 Å². The van der Waals surface area contributed by atoms with E-state index in [1.54, 1.807) is 4.90 Å². The van der Waals surface area contributed by atoms with Gasteiger partial charge in [0.25, 0.3) is 0 Å². The van der Waals surface area contributed by atoms with Gasteiger partial charge in [0, 0.05) is 0 Å². The topological polar surface area (TPSA) is 38.8 Å². The van der Waals surface area contributed by atoms with Crippen LogP contribution < -0.4 is 0 Å². The van der Waals surface area contributed by atoms with Crippen LogP contribution in [0.25, 0.3) is 0 Å². The molecule has 23 heavy (non-hydrogen) atoms. The lowest BCUT2D eigenvalue weighted by atomic mass is 10.0. The zero-order valence-electron chi connectivity index (χ0n) is 16.1. The molecule has 1 heterocycles. The highest BCUT2D eigenvalue weighted by molar-refractivity contribution is 5.69. The summed E-state index contributed by atoms with van der Waals surface area (Å²) >= 11 is 0. The normalized spacial score (nSPS) is 20.8. The monoisotopic (exact) mass is 327 g/mol. The van der Waals surface area contributed by atoms with Crippen molar-refractivity contribution in [3.05, 3.63) is 0 Å². The van der Waals surface area contributed by atoms with Crippen LogP contribution in [0.5, 0.6) is 0 Å². The van der Waals surface area contributed by atoms with Crippen LogP contribution in [0.4, 0.5) is 4.79 Å². The smallest absolute Gasteiger partial charge is 0.412 e. The molecule has 1 aliphatic heterocycles. The number of amides is 1. The third-order valence-corrected chi connectivity index (χ3v) is 4.31. The molecule has 0 aromatic rings. The van der Waals surface area contributed by atoms with Gasteiger partial charge in [-0.25, -0.2) is 4.79 Å². The zero-order chi connectivity index (χ0) is 17.5.